The third kappa shape index (κ3) is 3.13. The van der Waals surface area contributed by atoms with Crippen LogP contribution in [0.15, 0.2) is 29.1 Å². The Morgan fingerprint density at radius 3 is 2.79 bits per heavy atom. The van der Waals surface area contributed by atoms with Crippen LogP contribution in [-0.2, 0) is 6.54 Å². The Labute approximate surface area is 148 Å². The lowest BCUT2D eigenvalue weighted by Crippen LogP contribution is -2.40. The number of likely N-dealkylation sites (tertiary alicyclic amines) is 1. The van der Waals surface area contributed by atoms with Gasteiger partial charge in [0.15, 0.2) is 0 Å². The molecule has 1 saturated heterocycles. The molecule has 2 aromatic rings. The molecule has 0 radical (unpaired) electrons. The van der Waals surface area contributed by atoms with Crippen LogP contribution in [0.3, 0.4) is 0 Å². The third-order valence-electron chi connectivity index (χ3n) is 4.69. The van der Waals surface area contributed by atoms with Gasteiger partial charge < -0.3 is 4.90 Å². The second-order valence-electron chi connectivity index (χ2n) is 6.45. The molecule has 0 spiro atoms. The quantitative estimate of drug-likeness (QED) is 0.838. The molecule has 1 aliphatic heterocycles. The van der Waals surface area contributed by atoms with Crippen molar-refractivity contribution in [3.8, 4) is 0 Å². The number of hydrogen-bond donors (Lipinski definition) is 0. The molecule has 0 bridgehead atoms. The van der Waals surface area contributed by atoms with E-state index in [9.17, 15) is 9.59 Å². The first-order valence-corrected chi connectivity index (χ1v) is 9.45. The molecule has 0 N–H and O–H groups in total. The molecule has 1 saturated carbocycles. The van der Waals surface area contributed by atoms with E-state index in [1.54, 1.807) is 18.2 Å². The summed E-state index contributed by atoms with van der Waals surface area (Å²) < 4.78 is 2.15. The standard InChI is InChI=1S/C17H18ClN3O2S/c18-15-7-6-14(24-15)17(23)20-9-1-2-12(20)10-21-16(22)8-5-13(19-21)11-3-4-11/h5-8,11-12H,1-4,9-10H2. The maximum atomic E-state index is 12.7. The summed E-state index contributed by atoms with van der Waals surface area (Å²) in [6, 6.07) is 6.96. The molecule has 3 heterocycles. The van der Waals surface area contributed by atoms with Gasteiger partial charge in [0, 0.05) is 18.5 Å². The van der Waals surface area contributed by atoms with Crippen LogP contribution in [0.5, 0.6) is 0 Å². The zero-order chi connectivity index (χ0) is 16.7. The number of thiophene rings is 1. The van der Waals surface area contributed by atoms with Crippen molar-refractivity contribution in [3.05, 3.63) is 49.5 Å². The maximum absolute atomic E-state index is 12.7. The van der Waals surface area contributed by atoms with Gasteiger partial charge in [-0.15, -0.1) is 11.3 Å². The first-order chi connectivity index (χ1) is 11.6. The van der Waals surface area contributed by atoms with Crippen molar-refractivity contribution in [2.24, 2.45) is 0 Å². The van der Waals surface area contributed by atoms with Crippen LogP contribution in [0, 0.1) is 0 Å². The van der Waals surface area contributed by atoms with Crippen molar-refractivity contribution < 1.29 is 4.79 Å². The van der Waals surface area contributed by atoms with E-state index >= 15 is 0 Å². The molecule has 7 heteroatoms. The molecule has 126 valence electrons. The van der Waals surface area contributed by atoms with Crippen molar-refractivity contribution >= 4 is 28.8 Å². The van der Waals surface area contributed by atoms with Crippen LogP contribution in [0.1, 0.15) is 47.0 Å². The second kappa shape index (κ2) is 6.33. The maximum Gasteiger partial charge on any atom is 0.266 e. The summed E-state index contributed by atoms with van der Waals surface area (Å²) in [5.74, 6) is 0.507. The van der Waals surface area contributed by atoms with E-state index in [2.05, 4.69) is 5.10 Å². The summed E-state index contributed by atoms with van der Waals surface area (Å²) >= 11 is 7.24. The van der Waals surface area contributed by atoms with Crippen LogP contribution in [0.4, 0.5) is 0 Å². The lowest BCUT2D eigenvalue weighted by atomic mass is 10.2. The van der Waals surface area contributed by atoms with E-state index in [1.807, 2.05) is 11.0 Å². The van der Waals surface area contributed by atoms with Crippen molar-refractivity contribution in [2.45, 2.75) is 44.2 Å². The highest BCUT2D eigenvalue weighted by molar-refractivity contribution is 7.17. The average Bonchev–Trinajstić information content (AvgIpc) is 3.17. The number of aromatic nitrogens is 2. The molecule has 2 aromatic heterocycles. The van der Waals surface area contributed by atoms with Crippen LogP contribution >= 0.6 is 22.9 Å². The number of carbonyl (C=O) groups excluding carboxylic acids is 1. The highest BCUT2D eigenvalue weighted by Gasteiger charge is 2.31. The molecule has 0 aromatic carbocycles. The zero-order valence-electron chi connectivity index (χ0n) is 13.2. The molecule has 1 unspecified atom stereocenters. The highest BCUT2D eigenvalue weighted by Crippen LogP contribution is 2.38. The lowest BCUT2D eigenvalue weighted by molar-refractivity contribution is 0.0725. The Kier molecular flexibility index (Phi) is 4.18. The monoisotopic (exact) mass is 363 g/mol. The number of nitrogens with zero attached hydrogens (tertiary/aromatic N) is 3. The van der Waals surface area contributed by atoms with E-state index in [-0.39, 0.29) is 17.5 Å². The fourth-order valence-electron chi connectivity index (χ4n) is 3.26. The van der Waals surface area contributed by atoms with Crippen molar-refractivity contribution in [2.75, 3.05) is 6.54 Å². The molecular weight excluding hydrogens is 346 g/mol. The summed E-state index contributed by atoms with van der Waals surface area (Å²) in [7, 11) is 0. The molecule has 24 heavy (non-hydrogen) atoms. The molecule has 2 aliphatic rings. The number of hydrogen-bond acceptors (Lipinski definition) is 4. The van der Waals surface area contributed by atoms with Gasteiger partial charge in [0.1, 0.15) is 0 Å². The van der Waals surface area contributed by atoms with Crippen molar-refractivity contribution in [1.29, 1.82) is 0 Å². The largest absolute Gasteiger partial charge is 0.333 e. The fraction of sp³-hybridized carbons (Fsp3) is 0.471. The second-order valence-corrected chi connectivity index (χ2v) is 8.17. The van der Waals surface area contributed by atoms with Crippen LogP contribution in [0.25, 0.3) is 0 Å². The van der Waals surface area contributed by atoms with Gasteiger partial charge in [-0.05, 0) is 43.9 Å². The van der Waals surface area contributed by atoms with Crippen molar-refractivity contribution in [1.82, 2.24) is 14.7 Å². The first kappa shape index (κ1) is 15.8. The molecule has 2 fully saturated rings. The SMILES string of the molecule is O=C(c1ccc(Cl)s1)N1CCCC1Cn1nc(C2CC2)ccc1=O. The smallest absolute Gasteiger partial charge is 0.266 e. The number of amides is 1. The summed E-state index contributed by atoms with van der Waals surface area (Å²) in [5.41, 5.74) is 0.897. The van der Waals surface area contributed by atoms with Gasteiger partial charge >= 0.3 is 0 Å². The summed E-state index contributed by atoms with van der Waals surface area (Å²) in [4.78, 5) is 27.3. The Bertz CT molecular complexity index is 827. The zero-order valence-corrected chi connectivity index (χ0v) is 14.7. The van der Waals surface area contributed by atoms with Crippen molar-refractivity contribution in [3.63, 3.8) is 0 Å². The molecule has 5 nitrogen and oxygen atoms in total. The van der Waals surface area contributed by atoms with Gasteiger partial charge in [0.2, 0.25) is 0 Å². The van der Waals surface area contributed by atoms with Gasteiger partial charge in [-0.1, -0.05) is 11.6 Å². The topological polar surface area (TPSA) is 55.2 Å². The Morgan fingerprint density at radius 1 is 1.25 bits per heavy atom. The van der Waals surface area contributed by atoms with E-state index in [0.29, 0.717) is 21.7 Å². The number of rotatable bonds is 4. The van der Waals surface area contributed by atoms with E-state index in [1.165, 1.54) is 16.0 Å². The fourth-order valence-corrected chi connectivity index (χ4v) is 4.25. The molecule has 1 amide bonds. The predicted molar refractivity (Wildman–Crippen MR) is 93.9 cm³/mol. The van der Waals surface area contributed by atoms with E-state index in [4.69, 9.17) is 11.6 Å². The van der Waals surface area contributed by atoms with Crippen LogP contribution < -0.4 is 5.56 Å². The minimum absolute atomic E-state index is 0.000737. The van der Waals surface area contributed by atoms with Crippen LogP contribution in [-0.4, -0.2) is 33.2 Å². The van der Waals surface area contributed by atoms with E-state index in [0.717, 1.165) is 37.9 Å². The summed E-state index contributed by atoms with van der Waals surface area (Å²) in [6.45, 7) is 1.18. The van der Waals surface area contributed by atoms with Gasteiger partial charge in [-0.3, -0.25) is 9.59 Å². The molecule has 4 rings (SSSR count). The lowest BCUT2D eigenvalue weighted by Gasteiger charge is -2.24. The van der Waals surface area contributed by atoms with Crippen LogP contribution in [0.2, 0.25) is 4.34 Å². The minimum Gasteiger partial charge on any atom is -0.333 e. The average molecular weight is 364 g/mol. The number of carbonyl (C=O) groups is 1. The Morgan fingerprint density at radius 2 is 2.08 bits per heavy atom. The van der Waals surface area contributed by atoms with E-state index < -0.39 is 0 Å². The third-order valence-corrected chi connectivity index (χ3v) is 5.91. The normalized spacial score (nSPS) is 20.5. The van der Waals surface area contributed by atoms with Gasteiger partial charge in [-0.25, -0.2) is 4.68 Å². The molecular formula is C17H18ClN3O2S. The van der Waals surface area contributed by atoms with Gasteiger partial charge in [0.05, 0.1) is 27.5 Å². The van der Waals surface area contributed by atoms with Gasteiger partial charge in [0.25, 0.3) is 11.5 Å². The highest BCUT2D eigenvalue weighted by atomic mass is 35.5. The summed E-state index contributed by atoms with van der Waals surface area (Å²) in [5, 5.41) is 4.52. The first-order valence-electron chi connectivity index (χ1n) is 8.26. The Hall–Kier alpha value is -1.66. The Balaban J connectivity index is 1.54. The molecule has 1 atom stereocenters. The van der Waals surface area contributed by atoms with Gasteiger partial charge in [-0.2, -0.15) is 5.10 Å². The minimum atomic E-state index is -0.0992. The summed E-state index contributed by atoms with van der Waals surface area (Å²) in [6.07, 6.45) is 4.15. The molecule has 1 aliphatic carbocycles. The predicted octanol–water partition coefficient (Wildman–Crippen LogP) is 3.14. The number of halogens is 1.